The number of nitrogens with zero attached hydrogens (tertiary/aromatic N) is 4. The highest BCUT2D eigenvalue weighted by atomic mass is 16.3. The van der Waals surface area contributed by atoms with Crippen molar-refractivity contribution in [2.75, 3.05) is 5.32 Å². The zero-order chi connectivity index (χ0) is 19.9. The van der Waals surface area contributed by atoms with Gasteiger partial charge in [-0.15, -0.1) is 0 Å². The van der Waals surface area contributed by atoms with E-state index in [-0.39, 0.29) is 5.56 Å². The van der Waals surface area contributed by atoms with Gasteiger partial charge < -0.3 is 15.0 Å². The van der Waals surface area contributed by atoms with Crippen LogP contribution in [0, 0.1) is 5.92 Å². The van der Waals surface area contributed by atoms with Gasteiger partial charge in [0.25, 0.3) is 5.56 Å². The van der Waals surface area contributed by atoms with Gasteiger partial charge in [0.1, 0.15) is 12.1 Å². The first kappa shape index (κ1) is 18.7. The van der Waals surface area contributed by atoms with Crippen LogP contribution >= 0.6 is 0 Å². The molecule has 3 heterocycles. The van der Waals surface area contributed by atoms with Crippen LogP contribution in [0.25, 0.3) is 16.7 Å². The SMILES string of the molecule is Cn1c(=O)cc(N[C@H]2CC[C@H](C(C)(C)O)CC2)c2cc(-n3ccnc3)ncc21. The molecule has 0 unspecified atom stereocenters. The van der Waals surface area contributed by atoms with Crippen LogP contribution in [0.1, 0.15) is 39.5 Å². The lowest BCUT2D eigenvalue weighted by Gasteiger charge is -2.36. The quantitative estimate of drug-likeness (QED) is 0.726. The molecule has 0 aromatic carbocycles. The second kappa shape index (κ2) is 7.05. The molecule has 0 amide bonds. The summed E-state index contributed by atoms with van der Waals surface area (Å²) < 4.78 is 3.47. The Bertz CT molecular complexity index is 1030. The first-order chi connectivity index (χ1) is 13.3. The van der Waals surface area contributed by atoms with E-state index < -0.39 is 5.60 Å². The standard InChI is InChI=1S/C21H27N5O2/c1-21(2,28)14-4-6-15(7-5-14)24-17-11-20(27)25(3)18-12-23-19(10-16(17)18)26-9-8-22-13-26/h8-15,24,28H,4-7H2,1-3H3/t14-,15-. The number of pyridine rings is 2. The minimum atomic E-state index is -0.633. The van der Waals surface area contributed by atoms with Crippen LogP contribution in [0.3, 0.4) is 0 Å². The normalized spacial score (nSPS) is 20.4. The fourth-order valence-electron chi connectivity index (χ4n) is 4.16. The van der Waals surface area contributed by atoms with Crippen LogP contribution in [0.15, 0.2) is 41.8 Å². The van der Waals surface area contributed by atoms with E-state index in [9.17, 15) is 9.90 Å². The Kier molecular flexibility index (Phi) is 4.71. The van der Waals surface area contributed by atoms with E-state index in [1.165, 1.54) is 0 Å². The lowest BCUT2D eigenvalue weighted by molar-refractivity contribution is -0.000387. The molecule has 3 aromatic heterocycles. The van der Waals surface area contributed by atoms with Crippen molar-refractivity contribution >= 4 is 16.6 Å². The predicted octanol–water partition coefficient (Wildman–Crippen LogP) is 2.86. The Balaban J connectivity index is 1.66. The highest BCUT2D eigenvalue weighted by Crippen LogP contribution is 2.34. The number of aliphatic hydroxyl groups is 1. The van der Waals surface area contributed by atoms with Crippen LogP contribution in [0.2, 0.25) is 0 Å². The molecule has 1 aliphatic carbocycles. The number of aromatic nitrogens is 4. The molecular weight excluding hydrogens is 354 g/mol. The van der Waals surface area contributed by atoms with Crippen LogP contribution in [0.5, 0.6) is 0 Å². The second-order valence-electron chi connectivity index (χ2n) is 8.33. The number of fused-ring (bicyclic) bond motifs is 1. The third-order valence-electron chi connectivity index (χ3n) is 5.97. The minimum absolute atomic E-state index is 0.0580. The third-order valence-corrected chi connectivity index (χ3v) is 5.97. The fourth-order valence-corrected chi connectivity index (χ4v) is 4.16. The summed E-state index contributed by atoms with van der Waals surface area (Å²) >= 11 is 0. The number of imidazole rings is 1. The molecule has 7 heteroatoms. The van der Waals surface area contributed by atoms with E-state index in [2.05, 4.69) is 15.3 Å². The molecule has 28 heavy (non-hydrogen) atoms. The van der Waals surface area contributed by atoms with Crippen molar-refractivity contribution in [3.05, 3.63) is 47.4 Å². The first-order valence-electron chi connectivity index (χ1n) is 9.80. The van der Waals surface area contributed by atoms with Gasteiger partial charge in [0.15, 0.2) is 0 Å². The molecule has 0 aliphatic heterocycles. The summed E-state index contributed by atoms with van der Waals surface area (Å²) in [5.41, 5.74) is 0.945. The van der Waals surface area contributed by atoms with Crippen molar-refractivity contribution in [1.29, 1.82) is 0 Å². The zero-order valence-corrected chi connectivity index (χ0v) is 16.6. The first-order valence-corrected chi connectivity index (χ1v) is 9.80. The van der Waals surface area contributed by atoms with Crippen molar-refractivity contribution in [1.82, 2.24) is 19.1 Å². The zero-order valence-electron chi connectivity index (χ0n) is 16.6. The Morgan fingerprint density at radius 3 is 2.61 bits per heavy atom. The van der Waals surface area contributed by atoms with Crippen molar-refractivity contribution in [3.8, 4) is 5.82 Å². The summed E-state index contributed by atoms with van der Waals surface area (Å²) in [6.45, 7) is 3.79. The Labute approximate surface area is 164 Å². The van der Waals surface area contributed by atoms with Gasteiger partial charge >= 0.3 is 0 Å². The highest BCUT2D eigenvalue weighted by molar-refractivity contribution is 5.92. The molecule has 1 fully saturated rings. The van der Waals surface area contributed by atoms with Crippen LogP contribution in [0.4, 0.5) is 5.69 Å². The lowest BCUT2D eigenvalue weighted by Crippen LogP contribution is -2.37. The molecule has 3 aromatic rings. The maximum atomic E-state index is 12.4. The van der Waals surface area contributed by atoms with Crippen LogP contribution in [-0.2, 0) is 7.05 Å². The molecule has 0 bridgehead atoms. The molecule has 4 rings (SSSR count). The summed E-state index contributed by atoms with van der Waals surface area (Å²) in [6.07, 6.45) is 10.9. The molecule has 0 atom stereocenters. The Morgan fingerprint density at radius 2 is 1.96 bits per heavy atom. The van der Waals surface area contributed by atoms with E-state index in [1.54, 1.807) is 36.4 Å². The topological polar surface area (TPSA) is 85.0 Å². The number of hydrogen-bond acceptors (Lipinski definition) is 5. The monoisotopic (exact) mass is 381 g/mol. The highest BCUT2D eigenvalue weighted by Gasteiger charge is 2.31. The number of rotatable bonds is 4. The summed E-state index contributed by atoms with van der Waals surface area (Å²) in [5, 5.41) is 14.8. The van der Waals surface area contributed by atoms with Gasteiger partial charge in [0, 0.05) is 42.6 Å². The predicted molar refractivity (Wildman–Crippen MR) is 110 cm³/mol. The number of nitrogens with one attached hydrogen (secondary N) is 1. The van der Waals surface area contributed by atoms with Gasteiger partial charge in [-0.05, 0) is 51.5 Å². The maximum Gasteiger partial charge on any atom is 0.252 e. The van der Waals surface area contributed by atoms with Crippen molar-refractivity contribution in [2.24, 2.45) is 13.0 Å². The van der Waals surface area contributed by atoms with Gasteiger partial charge in [-0.25, -0.2) is 9.97 Å². The molecule has 1 aliphatic rings. The van der Waals surface area contributed by atoms with Crippen molar-refractivity contribution in [3.63, 3.8) is 0 Å². The lowest BCUT2D eigenvalue weighted by atomic mass is 9.77. The van der Waals surface area contributed by atoms with Gasteiger partial charge in [0.2, 0.25) is 0 Å². The Hall–Kier alpha value is -2.67. The molecule has 148 valence electrons. The van der Waals surface area contributed by atoms with E-state index >= 15 is 0 Å². The maximum absolute atomic E-state index is 12.4. The molecule has 1 saturated carbocycles. The molecule has 0 saturated heterocycles. The second-order valence-corrected chi connectivity index (χ2v) is 8.33. The number of aryl methyl sites for hydroxylation is 1. The van der Waals surface area contributed by atoms with Gasteiger partial charge in [-0.2, -0.15) is 0 Å². The van der Waals surface area contributed by atoms with Gasteiger partial charge in [-0.3, -0.25) is 9.36 Å². The fraction of sp³-hybridized carbons (Fsp3) is 0.476. The number of anilines is 1. The smallest absolute Gasteiger partial charge is 0.252 e. The molecular formula is C21H27N5O2. The van der Waals surface area contributed by atoms with Crippen molar-refractivity contribution in [2.45, 2.75) is 51.2 Å². The average Bonchev–Trinajstić information content (AvgIpc) is 3.20. The average molecular weight is 381 g/mol. The van der Waals surface area contributed by atoms with Gasteiger partial charge in [0.05, 0.1) is 17.3 Å². The van der Waals surface area contributed by atoms with Crippen LogP contribution in [-0.4, -0.2) is 35.9 Å². The van der Waals surface area contributed by atoms with Crippen LogP contribution < -0.4 is 10.9 Å². The largest absolute Gasteiger partial charge is 0.390 e. The molecule has 0 spiro atoms. The van der Waals surface area contributed by atoms with E-state index in [4.69, 9.17) is 0 Å². The summed E-state index contributed by atoms with van der Waals surface area (Å²) in [4.78, 5) is 21.0. The van der Waals surface area contributed by atoms with E-state index in [1.807, 2.05) is 30.7 Å². The number of hydrogen-bond donors (Lipinski definition) is 2. The Morgan fingerprint density at radius 1 is 1.21 bits per heavy atom. The third kappa shape index (κ3) is 3.54. The molecule has 0 radical (unpaired) electrons. The summed E-state index contributed by atoms with van der Waals surface area (Å²) in [5.74, 6) is 1.08. The van der Waals surface area contributed by atoms with Gasteiger partial charge in [-0.1, -0.05) is 0 Å². The minimum Gasteiger partial charge on any atom is -0.390 e. The van der Waals surface area contributed by atoms with E-state index in [0.717, 1.165) is 48.1 Å². The molecule has 2 N–H and O–H groups in total. The van der Waals surface area contributed by atoms with E-state index in [0.29, 0.717) is 12.0 Å². The molecule has 7 nitrogen and oxygen atoms in total. The summed E-state index contributed by atoms with van der Waals surface area (Å²) in [7, 11) is 1.77. The summed E-state index contributed by atoms with van der Waals surface area (Å²) in [6, 6.07) is 3.95. The van der Waals surface area contributed by atoms with Crippen molar-refractivity contribution < 1.29 is 5.11 Å².